The first-order valence-electron chi connectivity index (χ1n) is 18.7. The first-order chi connectivity index (χ1) is 27.3. The Morgan fingerprint density at radius 3 is 1.80 bits per heavy atom. The normalized spacial score (nSPS) is 11.6. The molecule has 0 aliphatic heterocycles. The van der Waals surface area contributed by atoms with Crippen molar-refractivity contribution in [2.75, 3.05) is 4.90 Å². The number of para-hydroxylation sites is 3. The molecule has 0 saturated carbocycles. The predicted molar refractivity (Wildman–Crippen MR) is 235 cm³/mol. The molecule has 9 aromatic carbocycles. The summed E-state index contributed by atoms with van der Waals surface area (Å²) in [5.74, 6) is 0. The number of hydrogen-bond acceptors (Lipinski definition) is 3. The highest BCUT2D eigenvalue weighted by atomic mass is 32.1. The molecule has 11 aromatic rings. The van der Waals surface area contributed by atoms with Gasteiger partial charge in [-0.15, -0.1) is 11.3 Å². The van der Waals surface area contributed by atoms with Crippen LogP contribution in [0, 0.1) is 0 Å². The molecule has 2 aromatic heterocycles. The Balaban J connectivity index is 1.15. The number of benzene rings is 9. The molecule has 0 aliphatic carbocycles. The minimum Gasteiger partial charge on any atom is -0.454 e. The Morgan fingerprint density at radius 2 is 0.945 bits per heavy atom. The molecule has 2 heterocycles. The number of rotatable bonds is 6. The van der Waals surface area contributed by atoms with Gasteiger partial charge in [0.15, 0.2) is 5.58 Å². The summed E-state index contributed by atoms with van der Waals surface area (Å²) in [6.07, 6.45) is 0. The van der Waals surface area contributed by atoms with E-state index in [-0.39, 0.29) is 0 Å². The van der Waals surface area contributed by atoms with Crippen LogP contribution in [0.3, 0.4) is 0 Å². The topological polar surface area (TPSA) is 16.4 Å². The van der Waals surface area contributed by atoms with E-state index in [1.807, 2.05) is 17.4 Å². The maximum Gasteiger partial charge on any atom is 0.159 e. The molecule has 0 amide bonds. The molecule has 0 bridgehead atoms. The summed E-state index contributed by atoms with van der Waals surface area (Å²) in [6.45, 7) is 0. The molecule has 11 rings (SSSR count). The fraction of sp³-hybridized carbons (Fsp3) is 0. The SMILES string of the molecule is c1ccc(-c2cccc3cccc(-c4ccccc4N(c4ccc(-c5cccc6sc7ccccc7c56)cc4)c4cccc5c4oc4ccccc45)c23)cc1. The second-order valence-corrected chi connectivity index (χ2v) is 15.1. The van der Waals surface area contributed by atoms with Gasteiger partial charge in [0.2, 0.25) is 0 Å². The predicted octanol–water partition coefficient (Wildman–Crippen LogP) is 15.6. The molecule has 0 atom stereocenters. The molecule has 0 N–H and O–H groups in total. The molecule has 0 fully saturated rings. The van der Waals surface area contributed by atoms with E-state index in [1.54, 1.807) is 0 Å². The van der Waals surface area contributed by atoms with Crippen LogP contribution in [0.15, 0.2) is 205 Å². The van der Waals surface area contributed by atoms with E-state index in [2.05, 4.69) is 199 Å². The minimum absolute atomic E-state index is 0.861. The van der Waals surface area contributed by atoms with Gasteiger partial charge in [0.05, 0.1) is 11.4 Å². The van der Waals surface area contributed by atoms with Crippen LogP contribution in [0.4, 0.5) is 17.1 Å². The van der Waals surface area contributed by atoms with Crippen LogP contribution in [-0.2, 0) is 0 Å². The van der Waals surface area contributed by atoms with Crippen molar-refractivity contribution in [3.8, 4) is 33.4 Å². The Bertz CT molecular complexity index is 3200. The maximum absolute atomic E-state index is 6.73. The molecular weight excluding hydrogens is 687 g/mol. The van der Waals surface area contributed by atoms with Crippen molar-refractivity contribution < 1.29 is 4.42 Å². The van der Waals surface area contributed by atoms with Crippen molar-refractivity contribution in [2.24, 2.45) is 0 Å². The maximum atomic E-state index is 6.73. The van der Waals surface area contributed by atoms with Gasteiger partial charge in [-0.1, -0.05) is 158 Å². The van der Waals surface area contributed by atoms with Gasteiger partial charge in [-0.25, -0.2) is 0 Å². The fourth-order valence-electron chi connectivity index (χ4n) is 8.44. The average molecular weight is 720 g/mol. The lowest BCUT2D eigenvalue weighted by molar-refractivity contribution is 0.669. The number of thiophene rings is 1. The Kier molecular flexibility index (Phi) is 7.39. The standard InChI is InChI=1S/C52H33NOS/c1-2-14-34(15-3-1)38-21-10-16-36-17-11-23-42(50(36)38)40-18-4-7-25-45(40)53(46-26-12-24-43-41-19-5-8-27-47(41)54-52(43)46)37-32-30-35(31-33-37)39-22-13-29-49-51(39)44-20-6-9-28-48(44)55-49/h1-33H. The third-order valence-electron chi connectivity index (χ3n) is 10.9. The van der Waals surface area contributed by atoms with Crippen molar-refractivity contribution in [2.45, 2.75) is 0 Å². The summed E-state index contributed by atoms with van der Waals surface area (Å²) in [6, 6.07) is 72.1. The van der Waals surface area contributed by atoms with E-state index in [0.717, 1.165) is 44.6 Å². The van der Waals surface area contributed by atoms with Crippen molar-refractivity contribution >= 4 is 81.3 Å². The molecule has 0 unspecified atom stereocenters. The van der Waals surface area contributed by atoms with Crippen LogP contribution in [0.25, 0.3) is 86.3 Å². The monoisotopic (exact) mass is 719 g/mol. The summed E-state index contributed by atoms with van der Waals surface area (Å²) in [4.78, 5) is 2.38. The fourth-order valence-corrected chi connectivity index (χ4v) is 9.57. The smallest absolute Gasteiger partial charge is 0.159 e. The van der Waals surface area contributed by atoms with Gasteiger partial charge >= 0.3 is 0 Å². The third kappa shape index (κ3) is 5.16. The van der Waals surface area contributed by atoms with Gasteiger partial charge in [0.1, 0.15) is 5.58 Å². The van der Waals surface area contributed by atoms with Crippen molar-refractivity contribution in [3.63, 3.8) is 0 Å². The van der Waals surface area contributed by atoms with Gasteiger partial charge < -0.3 is 9.32 Å². The summed E-state index contributed by atoms with van der Waals surface area (Å²) in [5.41, 5.74) is 12.0. The largest absolute Gasteiger partial charge is 0.454 e. The first kappa shape index (κ1) is 31.6. The number of hydrogen-bond donors (Lipinski definition) is 0. The third-order valence-corrected chi connectivity index (χ3v) is 12.0. The molecule has 0 aliphatic rings. The number of furan rings is 1. The van der Waals surface area contributed by atoms with Crippen LogP contribution < -0.4 is 4.90 Å². The summed E-state index contributed by atoms with van der Waals surface area (Å²) >= 11 is 1.86. The van der Waals surface area contributed by atoms with Crippen LogP contribution in [0.2, 0.25) is 0 Å². The van der Waals surface area contributed by atoms with Gasteiger partial charge in [-0.2, -0.15) is 0 Å². The van der Waals surface area contributed by atoms with E-state index >= 15 is 0 Å². The Morgan fingerprint density at radius 1 is 0.364 bits per heavy atom. The molecule has 0 saturated heterocycles. The molecular formula is C52H33NOS. The second-order valence-electron chi connectivity index (χ2n) is 14.0. The quantitative estimate of drug-likeness (QED) is 0.170. The summed E-state index contributed by atoms with van der Waals surface area (Å²) in [7, 11) is 0. The Hall–Kier alpha value is -6.94. The lowest BCUT2D eigenvalue weighted by Crippen LogP contribution is -2.11. The van der Waals surface area contributed by atoms with Crippen molar-refractivity contribution in [1.29, 1.82) is 0 Å². The highest BCUT2D eigenvalue weighted by Gasteiger charge is 2.23. The van der Waals surface area contributed by atoms with Crippen LogP contribution in [-0.4, -0.2) is 0 Å². The molecule has 55 heavy (non-hydrogen) atoms. The van der Waals surface area contributed by atoms with Gasteiger partial charge in [-0.05, 0) is 81.1 Å². The number of nitrogens with zero attached hydrogens (tertiary/aromatic N) is 1. The van der Waals surface area contributed by atoms with Crippen LogP contribution >= 0.6 is 11.3 Å². The second kappa shape index (κ2) is 12.9. The van der Waals surface area contributed by atoms with Crippen LogP contribution in [0.1, 0.15) is 0 Å². The zero-order chi connectivity index (χ0) is 36.3. The van der Waals surface area contributed by atoms with Gasteiger partial charge in [0.25, 0.3) is 0 Å². The highest BCUT2D eigenvalue weighted by Crippen LogP contribution is 2.48. The van der Waals surface area contributed by atoms with E-state index in [1.165, 1.54) is 58.8 Å². The van der Waals surface area contributed by atoms with Crippen molar-refractivity contribution in [1.82, 2.24) is 0 Å². The first-order valence-corrected chi connectivity index (χ1v) is 19.5. The zero-order valence-corrected chi connectivity index (χ0v) is 30.6. The lowest BCUT2D eigenvalue weighted by atomic mass is 9.90. The van der Waals surface area contributed by atoms with Crippen molar-refractivity contribution in [3.05, 3.63) is 200 Å². The summed E-state index contributed by atoms with van der Waals surface area (Å²) in [5, 5.41) is 7.27. The van der Waals surface area contributed by atoms with Gasteiger partial charge in [0, 0.05) is 42.2 Å². The average Bonchev–Trinajstić information content (AvgIpc) is 3.83. The zero-order valence-electron chi connectivity index (χ0n) is 29.8. The molecule has 258 valence electrons. The molecule has 3 heteroatoms. The van der Waals surface area contributed by atoms with Gasteiger partial charge in [-0.3, -0.25) is 0 Å². The molecule has 0 spiro atoms. The van der Waals surface area contributed by atoms with E-state index < -0.39 is 0 Å². The lowest BCUT2D eigenvalue weighted by Gasteiger charge is -2.28. The summed E-state index contributed by atoms with van der Waals surface area (Å²) < 4.78 is 9.35. The Labute approximate surface area is 322 Å². The van der Waals surface area contributed by atoms with E-state index in [9.17, 15) is 0 Å². The molecule has 2 nitrogen and oxygen atoms in total. The van der Waals surface area contributed by atoms with Crippen LogP contribution in [0.5, 0.6) is 0 Å². The molecule has 0 radical (unpaired) electrons. The number of fused-ring (bicyclic) bond motifs is 7. The highest BCUT2D eigenvalue weighted by molar-refractivity contribution is 7.25. The number of anilines is 3. The van der Waals surface area contributed by atoms with E-state index in [0.29, 0.717) is 0 Å². The van der Waals surface area contributed by atoms with E-state index in [4.69, 9.17) is 4.42 Å². The minimum atomic E-state index is 0.861.